The number of nitrogens with one attached hydrogen (secondary N) is 1. The number of primary amides is 1. The largest absolute Gasteiger partial charge is 0.381 e. The SMILES string of the molecule is NC(=O)c1cc(NCc2ccc(F)c(Cl)c2)ccc1Cl. The highest BCUT2D eigenvalue weighted by Crippen LogP contribution is 2.21. The Morgan fingerprint density at radius 2 is 1.90 bits per heavy atom. The van der Waals surface area contributed by atoms with Gasteiger partial charge in [-0.25, -0.2) is 4.39 Å². The van der Waals surface area contributed by atoms with Crippen LogP contribution in [0.4, 0.5) is 10.1 Å². The third-order valence-electron chi connectivity index (χ3n) is 2.71. The molecule has 0 unspecified atom stereocenters. The first-order valence-corrected chi connectivity index (χ1v) is 6.50. The van der Waals surface area contributed by atoms with Gasteiger partial charge in [0, 0.05) is 12.2 Å². The van der Waals surface area contributed by atoms with Crippen LogP contribution in [0.25, 0.3) is 0 Å². The maximum Gasteiger partial charge on any atom is 0.250 e. The predicted octanol–water partition coefficient (Wildman–Crippen LogP) is 3.84. The summed E-state index contributed by atoms with van der Waals surface area (Å²) in [7, 11) is 0. The quantitative estimate of drug-likeness (QED) is 0.901. The number of benzene rings is 2. The molecule has 3 nitrogen and oxygen atoms in total. The number of carbonyl (C=O) groups is 1. The molecule has 0 heterocycles. The Hall–Kier alpha value is -1.78. The summed E-state index contributed by atoms with van der Waals surface area (Å²) in [4.78, 5) is 11.2. The summed E-state index contributed by atoms with van der Waals surface area (Å²) in [6, 6.07) is 9.33. The van der Waals surface area contributed by atoms with E-state index in [-0.39, 0.29) is 10.6 Å². The predicted molar refractivity (Wildman–Crippen MR) is 78.7 cm³/mol. The third kappa shape index (κ3) is 3.40. The van der Waals surface area contributed by atoms with Crippen molar-refractivity contribution in [3.05, 3.63) is 63.4 Å². The van der Waals surface area contributed by atoms with Gasteiger partial charge in [-0.3, -0.25) is 4.79 Å². The molecule has 6 heteroatoms. The minimum Gasteiger partial charge on any atom is -0.381 e. The molecular formula is C14H11Cl2FN2O. The fourth-order valence-corrected chi connectivity index (χ4v) is 2.09. The Bertz CT molecular complexity index is 662. The van der Waals surface area contributed by atoms with E-state index in [9.17, 15) is 9.18 Å². The van der Waals surface area contributed by atoms with Crippen LogP contribution in [0.5, 0.6) is 0 Å². The molecule has 0 aliphatic carbocycles. The molecule has 2 rings (SSSR count). The van der Waals surface area contributed by atoms with E-state index in [0.29, 0.717) is 17.3 Å². The number of rotatable bonds is 4. The molecular weight excluding hydrogens is 302 g/mol. The third-order valence-corrected chi connectivity index (χ3v) is 3.33. The molecule has 20 heavy (non-hydrogen) atoms. The summed E-state index contributed by atoms with van der Waals surface area (Å²) in [6.45, 7) is 0.430. The number of carbonyl (C=O) groups excluding carboxylic acids is 1. The topological polar surface area (TPSA) is 55.1 Å². The minimum atomic E-state index is -0.594. The Balaban J connectivity index is 2.12. The number of anilines is 1. The van der Waals surface area contributed by atoms with Crippen LogP contribution in [0, 0.1) is 5.82 Å². The molecule has 0 saturated heterocycles. The molecule has 0 atom stereocenters. The monoisotopic (exact) mass is 312 g/mol. The lowest BCUT2D eigenvalue weighted by molar-refractivity contribution is 0.100. The first-order chi connectivity index (χ1) is 9.47. The molecule has 1 amide bonds. The van der Waals surface area contributed by atoms with Gasteiger partial charge in [0.1, 0.15) is 5.82 Å². The van der Waals surface area contributed by atoms with Gasteiger partial charge in [0.2, 0.25) is 5.91 Å². The van der Waals surface area contributed by atoms with E-state index in [0.717, 1.165) is 5.56 Å². The van der Waals surface area contributed by atoms with Crippen LogP contribution in [0.2, 0.25) is 10.0 Å². The smallest absolute Gasteiger partial charge is 0.250 e. The number of halogens is 3. The summed E-state index contributed by atoms with van der Waals surface area (Å²) < 4.78 is 13.0. The summed E-state index contributed by atoms with van der Waals surface area (Å²) in [6.07, 6.45) is 0. The summed E-state index contributed by atoms with van der Waals surface area (Å²) in [5.74, 6) is -1.05. The summed E-state index contributed by atoms with van der Waals surface area (Å²) in [5.41, 5.74) is 6.96. The molecule has 0 aliphatic rings. The second-order valence-corrected chi connectivity index (χ2v) is 4.98. The van der Waals surface area contributed by atoms with Gasteiger partial charge in [-0.15, -0.1) is 0 Å². The van der Waals surface area contributed by atoms with E-state index in [1.165, 1.54) is 12.1 Å². The Kier molecular flexibility index (Phi) is 4.47. The molecule has 0 saturated carbocycles. The summed E-state index contributed by atoms with van der Waals surface area (Å²) >= 11 is 11.6. The van der Waals surface area contributed by atoms with E-state index >= 15 is 0 Å². The zero-order chi connectivity index (χ0) is 14.7. The van der Waals surface area contributed by atoms with Crippen molar-refractivity contribution in [2.75, 3.05) is 5.32 Å². The van der Waals surface area contributed by atoms with Crippen LogP contribution in [-0.4, -0.2) is 5.91 Å². The first-order valence-electron chi connectivity index (χ1n) is 5.74. The molecule has 104 valence electrons. The van der Waals surface area contributed by atoms with Crippen molar-refractivity contribution in [1.29, 1.82) is 0 Å². The lowest BCUT2D eigenvalue weighted by Crippen LogP contribution is -2.12. The van der Waals surface area contributed by atoms with Gasteiger partial charge in [-0.2, -0.15) is 0 Å². The van der Waals surface area contributed by atoms with Crippen LogP contribution >= 0.6 is 23.2 Å². The van der Waals surface area contributed by atoms with Crippen molar-refractivity contribution < 1.29 is 9.18 Å². The van der Waals surface area contributed by atoms with Crippen LogP contribution in [-0.2, 0) is 6.54 Å². The Morgan fingerprint density at radius 1 is 1.15 bits per heavy atom. The van der Waals surface area contributed by atoms with Crippen LogP contribution in [0.3, 0.4) is 0 Å². The minimum absolute atomic E-state index is 0.0678. The lowest BCUT2D eigenvalue weighted by atomic mass is 10.1. The van der Waals surface area contributed by atoms with Crippen molar-refractivity contribution in [1.82, 2.24) is 0 Å². The van der Waals surface area contributed by atoms with Crippen LogP contribution in [0.1, 0.15) is 15.9 Å². The maximum atomic E-state index is 13.0. The maximum absolute atomic E-state index is 13.0. The normalized spacial score (nSPS) is 10.3. The first kappa shape index (κ1) is 14.6. The molecule has 0 aliphatic heterocycles. The fraction of sp³-hybridized carbons (Fsp3) is 0.0714. The van der Waals surface area contributed by atoms with Crippen molar-refractivity contribution in [2.45, 2.75) is 6.54 Å². The van der Waals surface area contributed by atoms with Crippen molar-refractivity contribution in [2.24, 2.45) is 5.73 Å². The van der Waals surface area contributed by atoms with Crippen molar-refractivity contribution in [3.63, 3.8) is 0 Å². The number of hydrogen-bond acceptors (Lipinski definition) is 2. The van der Waals surface area contributed by atoms with Crippen molar-refractivity contribution in [3.8, 4) is 0 Å². The molecule has 0 aromatic heterocycles. The fourth-order valence-electron chi connectivity index (χ4n) is 1.68. The van der Waals surface area contributed by atoms with E-state index in [1.807, 2.05) is 0 Å². The number of hydrogen-bond donors (Lipinski definition) is 2. The van der Waals surface area contributed by atoms with Gasteiger partial charge >= 0.3 is 0 Å². The molecule has 0 radical (unpaired) electrons. The highest BCUT2D eigenvalue weighted by molar-refractivity contribution is 6.33. The van der Waals surface area contributed by atoms with Gasteiger partial charge in [-0.05, 0) is 35.9 Å². The molecule has 0 bridgehead atoms. The molecule has 2 aromatic carbocycles. The average Bonchev–Trinajstić information content (AvgIpc) is 2.41. The second-order valence-electron chi connectivity index (χ2n) is 4.16. The standard InChI is InChI=1S/C14H11Cl2FN2O/c15-11-3-2-9(6-10(11)14(18)20)19-7-8-1-4-13(17)12(16)5-8/h1-6,19H,7H2,(H2,18,20). The number of nitrogens with two attached hydrogens (primary N) is 1. The lowest BCUT2D eigenvalue weighted by Gasteiger charge is -2.09. The van der Waals surface area contributed by atoms with E-state index in [4.69, 9.17) is 28.9 Å². The van der Waals surface area contributed by atoms with Gasteiger partial charge in [0.25, 0.3) is 0 Å². The van der Waals surface area contributed by atoms with Crippen molar-refractivity contribution >= 4 is 34.8 Å². The average molecular weight is 313 g/mol. The van der Waals surface area contributed by atoms with E-state index in [1.54, 1.807) is 24.3 Å². The van der Waals surface area contributed by atoms with Gasteiger partial charge in [0.15, 0.2) is 0 Å². The van der Waals surface area contributed by atoms with Crippen LogP contribution < -0.4 is 11.1 Å². The molecule has 3 N–H and O–H groups in total. The number of amides is 1. The van der Waals surface area contributed by atoms with Gasteiger partial charge in [-0.1, -0.05) is 29.3 Å². The van der Waals surface area contributed by atoms with Gasteiger partial charge < -0.3 is 11.1 Å². The Morgan fingerprint density at radius 3 is 2.55 bits per heavy atom. The highest BCUT2D eigenvalue weighted by atomic mass is 35.5. The zero-order valence-corrected chi connectivity index (χ0v) is 11.8. The molecule has 0 spiro atoms. The Labute approximate surface area is 125 Å². The highest BCUT2D eigenvalue weighted by Gasteiger charge is 2.07. The second kappa shape index (κ2) is 6.11. The summed E-state index contributed by atoms with van der Waals surface area (Å²) in [5, 5.41) is 3.45. The van der Waals surface area contributed by atoms with E-state index in [2.05, 4.69) is 5.32 Å². The molecule has 0 fully saturated rings. The molecule has 2 aromatic rings. The zero-order valence-electron chi connectivity index (χ0n) is 10.3. The van der Waals surface area contributed by atoms with Crippen LogP contribution in [0.15, 0.2) is 36.4 Å². The van der Waals surface area contributed by atoms with Gasteiger partial charge in [0.05, 0.1) is 15.6 Å². The van der Waals surface area contributed by atoms with E-state index < -0.39 is 11.7 Å².